The molecular weight excluding hydrogens is 358 g/mol. The first kappa shape index (κ1) is 19.4. The van der Waals surface area contributed by atoms with Gasteiger partial charge in [0.1, 0.15) is 11.3 Å². The molecule has 0 radical (unpaired) electrons. The van der Waals surface area contributed by atoms with Crippen molar-refractivity contribution in [3.63, 3.8) is 0 Å². The number of aromatic amines is 1. The molecule has 8 nitrogen and oxygen atoms in total. The zero-order valence-corrected chi connectivity index (χ0v) is 16.8. The molecule has 0 aromatic carbocycles. The third-order valence-corrected chi connectivity index (χ3v) is 6.03. The Morgan fingerprint density at radius 3 is 2.54 bits per heavy atom. The van der Waals surface area contributed by atoms with Gasteiger partial charge in [0.05, 0.1) is 13.2 Å². The molecule has 4 rings (SSSR count). The first-order valence-corrected chi connectivity index (χ1v) is 10.7. The van der Waals surface area contributed by atoms with Crippen LogP contribution in [-0.4, -0.2) is 56.9 Å². The van der Waals surface area contributed by atoms with E-state index in [0.717, 1.165) is 64.4 Å². The Morgan fingerprint density at radius 1 is 1.07 bits per heavy atom. The number of hydrogen-bond acceptors (Lipinski definition) is 5. The number of aryl methyl sites for hydroxylation is 1. The van der Waals surface area contributed by atoms with Gasteiger partial charge in [-0.3, -0.25) is 18.8 Å². The van der Waals surface area contributed by atoms with Crippen molar-refractivity contribution < 1.29 is 4.74 Å². The lowest BCUT2D eigenvalue weighted by Gasteiger charge is -2.26. The molecule has 1 saturated heterocycles. The van der Waals surface area contributed by atoms with Crippen molar-refractivity contribution in [2.24, 2.45) is 0 Å². The molecular formula is C20H31N5O3. The van der Waals surface area contributed by atoms with Gasteiger partial charge in [0.25, 0.3) is 5.56 Å². The van der Waals surface area contributed by atoms with E-state index in [9.17, 15) is 9.59 Å². The van der Waals surface area contributed by atoms with E-state index < -0.39 is 0 Å². The predicted molar refractivity (Wildman–Crippen MR) is 108 cm³/mol. The van der Waals surface area contributed by atoms with E-state index in [-0.39, 0.29) is 11.2 Å². The number of nitrogens with zero attached hydrogens (tertiary/aromatic N) is 4. The lowest BCUT2D eigenvalue weighted by atomic mass is 10.1. The first-order valence-electron chi connectivity index (χ1n) is 10.7. The average molecular weight is 390 g/mol. The topological polar surface area (TPSA) is 85.2 Å². The van der Waals surface area contributed by atoms with E-state index in [1.807, 2.05) is 6.92 Å². The standard InChI is InChI=1S/C20H31N5O3/c1-2-8-25-19(26)16-18(22-17(21-16)15-6-3-4-7-15)24(20(25)27)10-5-9-23-11-13-28-14-12-23/h15H,2-14H2,1H3,(H,21,22). The van der Waals surface area contributed by atoms with Gasteiger partial charge in [-0.2, -0.15) is 0 Å². The van der Waals surface area contributed by atoms with Gasteiger partial charge in [0.15, 0.2) is 5.65 Å². The number of morpholine rings is 1. The zero-order valence-electron chi connectivity index (χ0n) is 16.8. The number of rotatable bonds is 7. The van der Waals surface area contributed by atoms with E-state index in [4.69, 9.17) is 9.72 Å². The third kappa shape index (κ3) is 3.80. The summed E-state index contributed by atoms with van der Waals surface area (Å²) in [6.45, 7) is 7.34. The van der Waals surface area contributed by atoms with Crippen LogP contribution in [0.4, 0.5) is 0 Å². The summed E-state index contributed by atoms with van der Waals surface area (Å²) in [4.78, 5) is 36.3. The summed E-state index contributed by atoms with van der Waals surface area (Å²) in [5, 5.41) is 0. The Kier molecular flexibility index (Phi) is 5.96. The summed E-state index contributed by atoms with van der Waals surface area (Å²) in [5.41, 5.74) is 0.557. The molecule has 1 aliphatic heterocycles. The van der Waals surface area contributed by atoms with Gasteiger partial charge in [-0.1, -0.05) is 19.8 Å². The number of ether oxygens (including phenoxy) is 1. The molecule has 0 bridgehead atoms. The van der Waals surface area contributed by atoms with Crippen molar-refractivity contribution in [1.29, 1.82) is 0 Å². The molecule has 2 aliphatic rings. The van der Waals surface area contributed by atoms with Crippen LogP contribution in [0.3, 0.4) is 0 Å². The van der Waals surface area contributed by atoms with Crippen LogP contribution in [0.25, 0.3) is 11.2 Å². The molecule has 2 fully saturated rings. The molecule has 8 heteroatoms. The average Bonchev–Trinajstić information content (AvgIpc) is 3.38. The van der Waals surface area contributed by atoms with Gasteiger partial charge in [-0.05, 0) is 25.7 Å². The quantitative estimate of drug-likeness (QED) is 0.779. The highest BCUT2D eigenvalue weighted by atomic mass is 16.5. The summed E-state index contributed by atoms with van der Waals surface area (Å²) in [5.74, 6) is 1.25. The minimum atomic E-state index is -0.233. The lowest BCUT2D eigenvalue weighted by molar-refractivity contribution is 0.0369. The summed E-state index contributed by atoms with van der Waals surface area (Å²) in [6.07, 6.45) is 6.21. The fourth-order valence-electron chi connectivity index (χ4n) is 4.48. The van der Waals surface area contributed by atoms with E-state index >= 15 is 0 Å². The monoisotopic (exact) mass is 389 g/mol. The van der Waals surface area contributed by atoms with Crippen molar-refractivity contribution in [2.45, 2.75) is 64.5 Å². The molecule has 1 saturated carbocycles. The lowest BCUT2D eigenvalue weighted by Crippen LogP contribution is -2.41. The highest BCUT2D eigenvalue weighted by Gasteiger charge is 2.23. The molecule has 0 unspecified atom stereocenters. The van der Waals surface area contributed by atoms with Crippen LogP contribution in [0.2, 0.25) is 0 Å². The zero-order chi connectivity index (χ0) is 19.5. The van der Waals surface area contributed by atoms with Gasteiger partial charge < -0.3 is 9.72 Å². The number of fused-ring (bicyclic) bond motifs is 1. The summed E-state index contributed by atoms with van der Waals surface area (Å²) in [6, 6.07) is 0. The van der Waals surface area contributed by atoms with Gasteiger partial charge in [-0.15, -0.1) is 0 Å². The largest absolute Gasteiger partial charge is 0.379 e. The highest BCUT2D eigenvalue weighted by molar-refractivity contribution is 5.70. The number of nitrogens with one attached hydrogen (secondary N) is 1. The number of H-pyrrole nitrogens is 1. The highest BCUT2D eigenvalue weighted by Crippen LogP contribution is 2.32. The smallest absolute Gasteiger partial charge is 0.332 e. The van der Waals surface area contributed by atoms with Crippen molar-refractivity contribution >= 4 is 11.2 Å². The van der Waals surface area contributed by atoms with Crippen LogP contribution < -0.4 is 11.2 Å². The van der Waals surface area contributed by atoms with E-state index in [2.05, 4.69) is 9.88 Å². The van der Waals surface area contributed by atoms with Crippen LogP contribution in [0, 0.1) is 0 Å². The Morgan fingerprint density at radius 2 is 1.82 bits per heavy atom. The molecule has 3 heterocycles. The van der Waals surface area contributed by atoms with Crippen molar-refractivity contribution in [3.05, 3.63) is 26.7 Å². The first-order chi connectivity index (χ1) is 13.7. The second-order valence-corrected chi connectivity index (χ2v) is 8.00. The van der Waals surface area contributed by atoms with Gasteiger partial charge >= 0.3 is 5.69 Å². The molecule has 2 aromatic heterocycles. The fourth-order valence-corrected chi connectivity index (χ4v) is 4.48. The molecule has 0 atom stereocenters. The molecule has 154 valence electrons. The SMILES string of the molecule is CCCn1c(=O)c2[nH]c(C3CCCC3)nc2n(CCCN2CCOCC2)c1=O. The van der Waals surface area contributed by atoms with Crippen LogP contribution in [-0.2, 0) is 17.8 Å². The van der Waals surface area contributed by atoms with Gasteiger partial charge in [-0.25, -0.2) is 9.78 Å². The summed E-state index contributed by atoms with van der Waals surface area (Å²) < 4.78 is 8.48. The maximum Gasteiger partial charge on any atom is 0.332 e. The fraction of sp³-hybridized carbons (Fsp3) is 0.750. The number of hydrogen-bond donors (Lipinski definition) is 1. The van der Waals surface area contributed by atoms with Crippen molar-refractivity contribution in [3.8, 4) is 0 Å². The Balaban J connectivity index is 1.65. The van der Waals surface area contributed by atoms with Crippen molar-refractivity contribution in [2.75, 3.05) is 32.8 Å². The molecule has 0 amide bonds. The Bertz CT molecular complexity index is 916. The van der Waals surface area contributed by atoms with Crippen LogP contribution >= 0.6 is 0 Å². The number of aromatic nitrogens is 4. The maximum absolute atomic E-state index is 13.0. The molecule has 0 spiro atoms. The number of imidazole rings is 1. The molecule has 2 aromatic rings. The Labute approximate surface area is 164 Å². The molecule has 1 N–H and O–H groups in total. The predicted octanol–water partition coefficient (Wildman–Crippen LogP) is 1.68. The van der Waals surface area contributed by atoms with E-state index in [1.165, 1.54) is 17.4 Å². The van der Waals surface area contributed by atoms with E-state index in [1.54, 1.807) is 4.57 Å². The minimum Gasteiger partial charge on any atom is -0.379 e. The van der Waals surface area contributed by atoms with Crippen LogP contribution in [0.5, 0.6) is 0 Å². The minimum absolute atomic E-state index is 0.231. The molecule has 1 aliphatic carbocycles. The second-order valence-electron chi connectivity index (χ2n) is 8.00. The van der Waals surface area contributed by atoms with Crippen molar-refractivity contribution in [1.82, 2.24) is 24.0 Å². The normalized spacial score (nSPS) is 19.0. The van der Waals surface area contributed by atoms with Gasteiger partial charge in [0.2, 0.25) is 0 Å². The summed E-state index contributed by atoms with van der Waals surface area (Å²) in [7, 11) is 0. The third-order valence-electron chi connectivity index (χ3n) is 6.03. The van der Waals surface area contributed by atoms with Crippen LogP contribution in [0.1, 0.15) is 57.2 Å². The van der Waals surface area contributed by atoms with Gasteiger partial charge in [0, 0.05) is 38.6 Å². The molecule has 28 heavy (non-hydrogen) atoms. The summed E-state index contributed by atoms with van der Waals surface area (Å²) >= 11 is 0. The van der Waals surface area contributed by atoms with Crippen LogP contribution in [0.15, 0.2) is 9.59 Å². The maximum atomic E-state index is 13.0. The van der Waals surface area contributed by atoms with E-state index in [0.29, 0.717) is 30.2 Å². The Hall–Kier alpha value is -1.93. The second kappa shape index (κ2) is 8.61.